The van der Waals surface area contributed by atoms with E-state index in [0.717, 1.165) is 48.5 Å². The van der Waals surface area contributed by atoms with Crippen LogP contribution in [0.5, 0.6) is 0 Å². The number of hydrogen-bond donors (Lipinski definition) is 2. The minimum absolute atomic E-state index is 0.417. The third-order valence-corrected chi connectivity index (χ3v) is 4.50. The molecule has 0 unspecified atom stereocenters. The zero-order valence-electron chi connectivity index (χ0n) is 15.3. The van der Waals surface area contributed by atoms with E-state index in [4.69, 9.17) is 5.73 Å². The number of aldehydes is 1. The topological polar surface area (TPSA) is 107 Å². The van der Waals surface area contributed by atoms with Gasteiger partial charge in [-0.15, -0.1) is 10.2 Å². The average molecular weight is 385 g/mol. The number of nitrogens with two attached hydrogens (primary N) is 1. The van der Waals surface area contributed by atoms with Crippen LogP contribution < -0.4 is 11.1 Å². The summed E-state index contributed by atoms with van der Waals surface area (Å²) in [6.45, 7) is 0. The van der Waals surface area contributed by atoms with Gasteiger partial charge in [-0.05, 0) is 43.0 Å². The van der Waals surface area contributed by atoms with Gasteiger partial charge in [0.1, 0.15) is 17.1 Å². The lowest BCUT2D eigenvalue weighted by Crippen LogP contribution is -1.94. The number of rotatable bonds is 8. The molecule has 3 aromatic heterocycles. The van der Waals surface area contributed by atoms with Gasteiger partial charge in [0.2, 0.25) is 5.13 Å². The van der Waals surface area contributed by atoms with E-state index in [1.54, 1.807) is 6.20 Å². The first-order chi connectivity index (χ1) is 13.2. The largest absolute Gasteiger partial charge is 0.374 e. The van der Waals surface area contributed by atoms with Crippen LogP contribution in [0.4, 0.5) is 10.9 Å². The van der Waals surface area contributed by atoms with E-state index in [1.807, 2.05) is 37.5 Å². The summed E-state index contributed by atoms with van der Waals surface area (Å²) < 4.78 is 0. The molecule has 142 valence electrons. The normalized spacial score (nSPS) is 9.96. The van der Waals surface area contributed by atoms with Crippen LogP contribution in [0, 0.1) is 0 Å². The Balaban J connectivity index is 0.000000244. The lowest BCUT2D eigenvalue weighted by atomic mass is 10.1. The number of unbranched alkanes of at least 4 members (excludes halogenated alkanes) is 1. The van der Waals surface area contributed by atoms with Gasteiger partial charge in [0.05, 0.1) is 0 Å². The fraction of sp³-hybridized carbons (Fsp3) is 0.316. The van der Waals surface area contributed by atoms with Crippen molar-refractivity contribution < 1.29 is 4.79 Å². The Labute approximate surface area is 163 Å². The van der Waals surface area contributed by atoms with E-state index in [1.165, 1.54) is 16.9 Å². The summed E-state index contributed by atoms with van der Waals surface area (Å²) in [5, 5.41) is 12.4. The highest BCUT2D eigenvalue weighted by molar-refractivity contribution is 7.15. The van der Waals surface area contributed by atoms with Crippen molar-refractivity contribution >= 4 is 28.6 Å². The van der Waals surface area contributed by atoms with Crippen LogP contribution in [0.2, 0.25) is 0 Å². The van der Waals surface area contributed by atoms with Gasteiger partial charge >= 0.3 is 0 Å². The summed E-state index contributed by atoms with van der Waals surface area (Å²) in [4.78, 5) is 18.2. The molecule has 3 heterocycles. The lowest BCUT2D eigenvalue weighted by molar-refractivity contribution is -0.107. The number of nitrogens with zero attached hydrogens (tertiary/aromatic N) is 4. The third kappa shape index (κ3) is 7.91. The molecule has 0 fully saturated rings. The van der Waals surface area contributed by atoms with Gasteiger partial charge in [-0.2, -0.15) is 0 Å². The quantitative estimate of drug-likeness (QED) is 0.454. The van der Waals surface area contributed by atoms with Crippen LogP contribution in [-0.4, -0.2) is 33.5 Å². The molecule has 0 saturated heterocycles. The molecule has 8 heteroatoms. The zero-order valence-corrected chi connectivity index (χ0v) is 16.2. The van der Waals surface area contributed by atoms with Crippen LogP contribution in [0.1, 0.15) is 29.1 Å². The highest BCUT2D eigenvalue weighted by Gasteiger charge is 2.01. The van der Waals surface area contributed by atoms with Crippen LogP contribution in [0.15, 0.2) is 42.7 Å². The highest BCUT2D eigenvalue weighted by atomic mass is 32.1. The van der Waals surface area contributed by atoms with Gasteiger partial charge < -0.3 is 15.8 Å². The third-order valence-electron chi connectivity index (χ3n) is 3.69. The SMILES string of the molecule is CNc1ccc(CCCCc2nnc(N)s2)cn1.O=CCc1ccccn1. The molecule has 7 nitrogen and oxygen atoms in total. The summed E-state index contributed by atoms with van der Waals surface area (Å²) >= 11 is 1.47. The van der Waals surface area contributed by atoms with Gasteiger partial charge in [0.25, 0.3) is 0 Å². The number of carbonyl (C=O) groups is 1. The molecule has 0 amide bonds. The Morgan fingerprint density at radius 2 is 1.96 bits per heavy atom. The van der Waals surface area contributed by atoms with E-state index < -0.39 is 0 Å². The van der Waals surface area contributed by atoms with E-state index in [-0.39, 0.29) is 0 Å². The fourth-order valence-electron chi connectivity index (χ4n) is 2.30. The van der Waals surface area contributed by atoms with Crippen molar-refractivity contribution in [3.05, 3.63) is 59.0 Å². The van der Waals surface area contributed by atoms with Crippen molar-refractivity contribution in [2.45, 2.75) is 32.1 Å². The minimum atomic E-state index is 0.417. The molecule has 27 heavy (non-hydrogen) atoms. The fourth-order valence-corrected chi connectivity index (χ4v) is 2.95. The minimum Gasteiger partial charge on any atom is -0.374 e. The van der Waals surface area contributed by atoms with Gasteiger partial charge in [0, 0.05) is 38.0 Å². The molecule has 0 bridgehead atoms. The number of pyridine rings is 2. The second kappa shape index (κ2) is 11.7. The van der Waals surface area contributed by atoms with Crippen LogP contribution in [0.25, 0.3) is 0 Å². The maximum Gasteiger partial charge on any atom is 0.203 e. The monoisotopic (exact) mass is 384 g/mol. The molecule has 3 rings (SSSR count). The first-order valence-corrected chi connectivity index (χ1v) is 9.57. The lowest BCUT2D eigenvalue weighted by Gasteiger charge is -2.02. The summed E-state index contributed by atoms with van der Waals surface area (Å²) in [6.07, 6.45) is 9.10. The molecular weight excluding hydrogens is 360 g/mol. The molecule has 3 aromatic rings. The van der Waals surface area contributed by atoms with Crippen LogP contribution in [0.3, 0.4) is 0 Å². The van der Waals surface area contributed by atoms with Gasteiger partial charge in [0.15, 0.2) is 0 Å². The van der Waals surface area contributed by atoms with Gasteiger partial charge in [-0.25, -0.2) is 4.98 Å². The molecule has 0 aromatic carbocycles. The number of carbonyl (C=O) groups excluding carboxylic acids is 1. The van der Waals surface area contributed by atoms with Crippen molar-refractivity contribution in [2.24, 2.45) is 0 Å². The molecule has 0 aliphatic heterocycles. The first kappa shape index (κ1) is 20.4. The van der Waals surface area contributed by atoms with E-state index in [0.29, 0.717) is 11.6 Å². The number of aromatic nitrogens is 4. The summed E-state index contributed by atoms with van der Waals surface area (Å²) in [5.74, 6) is 0.906. The number of nitrogen functional groups attached to an aromatic ring is 1. The predicted molar refractivity (Wildman–Crippen MR) is 109 cm³/mol. The molecule has 0 saturated carbocycles. The second-order valence-electron chi connectivity index (χ2n) is 5.73. The molecule has 0 radical (unpaired) electrons. The van der Waals surface area contributed by atoms with E-state index in [9.17, 15) is 4.79 Å². The number of nitrogens with one attached hydrogen (secondary N) is 1. The summed E-state index contributed by atoms with van der Waals surface area (Å²) in [7, 11) is 1.87. The van der Waals surface area contributed by atoms with Crippen LogP contribution >= 0.6 is 11.3 Å². The van der Waals surface area contributed by atoms with Crippen molar-refractivity contribution in [3.8, 4) is 0 Å². The predicted octanol–water partition coefficient (Wildman–Crippen LogP) is 2.95. The Bertz CT molecular complexity index is 791. The molecule has 0 spiro atoms. The highest BCUT2D eigenvalue weighted by Crippen LogP contribution is 2.14. The Hall–Kier alpha value is -2.87. The summed E-state index contributed by atoms with van der Waals surface area (Å²) in [6, 6.07) is 9.64. The molecule has 0 aliphatic rings. The molecule has 3 N–H and O–H groups in total. The second-order valence-corrected chi connectivity index (χ2v) is 6.83. The Morgan fingerprint density at radius 1 is 1.11 bits per heavy atom. The average Bonchev–Trinajstić information content (AvgIpc) is 3.12. The molecular formula is C19H24N6OS. The number of hydrogen-bond acceptors (Lipinski definition) is 8. The zero-order chi connectivity index (χ0) is 19.3. The van der Waals surface area contributed by atoms with Crippen molar-refractivity contribution in [2.75, 3.05) is 18.1 Å². The maximum atomic E-state index is 9.93. The van der Waals surface area contributed by atoms with Crippen molar-refractivity contribution in [1.82, 2.24) is 20.2 Å². The van der Waals surface area contributed by atoms with Crippen molar-refractivity contribution in [3.63, 3.8) is 0 Å². The molecule has 0 aliphatic carbocycles. The first-order valence-electron chi connectivity index (χ1n) is 8.75. The Kier molecular flexibility index (Phi) is 8.85. The van der Waals surface area contributed by atoms with Crippen LogP contribution in [-0.2, 0) is 24.1 Å². The smallest absolute Gasteiger partial charge is 0.203 e. The van der Waals surface area contributed by atoms with Gasteiger partial charge in [-0.3, -0.25) is 4.98 Å². The van der Waals surface area contributed by atoms with Crippen molar-refractivity contribution in [1.29, 1.82) is 0 Å². The van der Waals surface area contributed by atoms with E-state index >= 15 is 0 Å². The van der Waals surface area contributed by atoms with E-state index in [2.05, 4.69) is 31.5 Å². The maximum absolute atomic E-state index is 9.93. The number of anilines is 2. The van der Waals surface area contributed by atoms with Gasteiger partial charge in [-0.1, -0.05) is 23.5 Å². The number of aryl methyl sites for hydroxylation is 2. The Morgan fingerprint density at radius 3 is 2.56 bits per heavy atom. The standard InChI is InChI=1S/C12H17N5S.C7H7NO/c1-14-10-7-6-9(8-15-10)4-2-3-5-11-16-17-12(13)18-11;9-6-4-7-3-1-2-5-8-7/h6-8H,2-5H2,1H3,(H2,13,17)(H,14,15);1-3,5-6H,4H2. The molecule has 0 atom stereocenters. The summed E-state index contributed by atoms with van der Waals surface area (Å²) in [5.41, 5.74) is 7.63.